The van der Waals surface area contributed by atoms with Crippen LogP contribution in [0.3, 0.4) is 0 Å². The lowest BCUT2D eigenvalue weighted by Gasteiger charge is -2.20. The van der Waals surface area contributed by atoms with Gasteiger partial charge in [-0.05, 0) is 51.4 Å². The van der Waals surface area contributed by atoms with Crippen molar-refractivity contribution in [1.82, 2.24) is 4.90 Å². The second kappa shape index (κ2) is 13.0. The highest BCUT2D eigenvalue weighted by Crippen LogP contribution is 2.11. The molecule has 1 aromatic rings. The summed E-state index contributed by atoms with van der Waals surface area (Å²) >= 11 is 0. The van der Waals surface area contributed by atoms with Crippen molar-refractivity contribution in [3.8, 4) is 5.75 Å². The minimum absolute atomic E-state index is 0.812. The first-order valence-corrected chi connectivity index (χ1v) is 8.18. The summed E-state index contributed by atoms with van der Waals surface area (Å²) in [6, 6.07) is 8.28. The van der Waals surface area contributed by atoms with Gasteiger partial charge in [0.15, 0.2) is 0 Å². The Hall–Kier alpha value is -1.02. The van der Waals surface area contributed by atoms with Gasteiger partial charge in [0.05, 0.1) is 6.61 Å². The highest BCUT2D eigenvalue weighted by Gasteiger charge is 2.02. The molecule has 2 nitrogen and oxygen atoms in total. The van der Waals surface area contributed by atoms with Crippen LogP contribution < -0.4 is 4.74 Å². The summed E-state index contributed by atoms with van der Waals surface area (Å²) in [5.41, 5.74) is 1.28. The van der Waals surface area contributed by atoms with E-state index in [9.17, 15) is 0 Å². The van der Waals surface area contributed by atoms with Gasteiger partial charge in [0.1, 0.15) is 5.75 Å². The molecule has 0 N–H and O–H groups in total. The SMILES string of the molecule is CC.CCCN(CCC)CCCOc1ccc(C)cc1. The molecule has 0 amide bonds. The van der Waals surface area contributed by atoms with Crippen LogP contribution in [0.1, 0.15) is 52.5 Å². The molecule has 1 rings (SSSR count). The van der Waals surface area contributed by atoms with Crippen LogP contribution in [-0.2, 0) is 0 Å². The first-order valence-electron chi connectivity index (χ1n) is 8.18. The largest absolute Gasteiger partial charge is 0.494 e. The lowest BCUT2D eigenvalue weighted by Crippen LogP contribution is -2.27. The Labute approximate surface area is 126 Å². The summed E-state index contributed by atoms with van der Waals surface area (Å²) in [7, 11) is 0. The molecular weight excluding hydrogens is 246 g/mol. The van der Waals surface area contributed by atoms with Crippen LogP contribution in [0.15, 0.2) is 24.3 Å². The number of ether oxygens (including phenoxy) is 1. The molecule has 0 aromatic heterocycles. The molecule has 0 spiro atoms. The van der Waals surface area contributed by atoms with Crippen LogP contribution >= 0.6 is 0 Å². The van der Waals surface area contributed by atoms with E-state index in [1.54, 1.807) is 0 Å². The molecule has 116 valence electrons. The van der Waals surface area contributed by atoms with E-state index < -0.39 is 0 Å². The number of aryl methyl sites for hydroxylation is 1. The van der Waals surface area contributed by atoms with E-state index in [1.807, 2.05) is 26.0 Å². The fraction of sp³-hybridized carbons (Fsp3) is 0.667. The molecule has 0 aliphatic rings. The lowest BCUT2D eigenvalue weighted by atomic mass is 10.2. The predicted octanol–water partition coefficient (Wildman–Crippen LogP) is 4.91. The molecule has 2 heteroatoms. The van der Waals surface area contributed by atoms with Gasteiger partial charge in [-0.3, -0.25) is 0 Å². The minimum Gasteiger partial charge on any atom is -0.494 e. The van der Waals surface area contributed by atoms with Gasteiger partial charge in [-0.2, -0.15) is 0 Å². The van der Waals surface area contributed by atoms with Crippen molar-refractivity contribution in [2.24, 2.45) is 0 Å². The van der Waals surface area contributed by atoms with Gasteiger partial charge < -0.3 is 9.64 Å². The summed E-state index contributed by atoms with van der Waals surface area (Å²) in [4.78, 5) is 2.53. The first kappa shape index (κ1) is 19.0. The van der Waals surface area contributed by atoms with Crippen molar-refractivity contribution in [1.29, 1.82) is 0 Å². The highest BCUT2D eigenvalue weighted by molar-refractivity contribution is 5.26. The maximum absolute atomic E-state index is 5.74. The highest BCUT2D eigenvalue weighted by atomic mass is 16.5. The zero-order chi connectivity index (χ0) is 15.2. The van der Waals surface area contributed by atoms with Crippen molar-refractivity contribution >= 4 is 0 Å². The van der Waals surface area contributed by atoms with E-state index >= 15 is 0 Å². The van der Waals surface area contributed by atoms with Gasteiger partial charge in [0, 0.05) is 6.54 Å². The monoisotopic (exact) mass is 279 g/mol. The molecule has 0 saturated heterocycles. The van der Waals surface area contributed by atoms with Crippen LogP contribution in [0.4, 0.5) is 0 Å². The molecular formula is C18H33NO. The number of hydrogen-bond donors (Lipinski definition) is 0. The molecule has 0 saturated carbocycles. The summed E-state index contributed by atoms with van der Waals surface area (Å²) in [6.07, 6.45) is 3.57. The fourth-order valence-electron chi connectivity index (χ4n) is 2.08. The third-order valence-corrected chi connectivity index (χ3v) is 2.99. The number of rotatable bonds is 9. The summed E-state index contributed by atoms with van der Waals surface area (Å²) in [5.74, 6) is 0.984. The van der Waals surface area contributed by atoms with Crippen molar-refractivity contribution in [3.05, 3.63) is 29.8 Å². The van der Waals surface area contributed by atoms with Gasteiger partial charge in [-0.25, -0.2) is 0 Å². The van der Waals surface area contributed by atoms with E-state index in [-0.39, 0.29) is 0 Å². The second-order valence-electron chi connectivity index (χ2n) is 4.86. The molecule has 0 bridgehead atoms. The quantitative estimate of drug-likeness (QED) is 0.595. The molecule has 0 heterocycles. The summed E-state index contributed by atoms with van der Waals surface area (Å²) in [6.45, 7) is 14.9. The van der Waals surface area contributed by atoms with Gasteiger partial charge in [0.25, 0.3) is 0 Å². The van der Waals surface area contributed by atoms with Gasteiger partial charge in [-0.15, -0.1) is 0 Å². The molecule has 0 aliphatic heterocycles. The third kappa shape index (κ3) is 8.98. The Balaban J connectivity index is 0.00000172. The Morgan fingerprint density at radius 2 is 1.45 bits per heavy atom. The molecule has 0 aliphatic carbocycles. The zero-order valence-electron chi connectivity index (χ0n) is 14.1. The summed E-state index contributed by atoms with van der Waals surface area (Å²) in [5, 5.41) is 0. The van der Waals surface area contributed by atoms with E-state index in [4.69, 9.17) is 4.74 Å². The van der Waals surface area contributed by atoms with Crippen LogP contribution in [0.25, 0.3) is 0 Å². The average Bonchev–Trinajstić information content (AvgIpc) is 2.48. The van der Waals surface area contributed by atoms with Crippen LogP contribution in [-0.4, -0.2) is 31.1 Å². The molecule has 0 radical (unpaired) electrons. The first-order chi connectivity index (χ1) is 9.76. The Morgan fingerprint density at radius 1 is 0.900 bits per heavy atom. The van der Waals surface area contributed by atoms with E-state index in [0.717, 1.165) is 25.3 Å². The molecule has 0 unspecified atom stereocenters. The normalized spacial score (nSPS) is 10.1. The van der Waals surface area contributed by atoms with Crippen molar-refractivity contribution in [2.75, 3.05) is 26.2 Å². The topological polar surface area (TPSA) is 12.5 Å². The van der Waals surface area contributed by atoms with E-state index in [2.05, 4.69) is 37.8 Å². The zero-order valence-corrected chi connectivity index (χ0v) is 14.1. The van der Waals surface area contributed by atoms with E-state index in [0.29, 0.717) is 0 Å². The average molecular weight is 279 g/mol. The number of benzene rings is 1. The molecule has 0 fully saturated rings. The molecule has 20 heavy (non-hydrogen) atoms. The second-order valence-corrected chi connectivity index (χ2v) is 4.86. The molecule has 0 atom stereocenters. The summed E-state index contributed by atoms with van der Waals surface area (Å²) < 4.78 is 5.74. The predicted molar refractivity (Wildman–Crippen MR) is 89.7 cm³/mol. The van der Waals surface area contributed by atoms with Gasteiger partial charge >= 0.3 is 0 Å². The maximum atomic E-state index is 5.74. The van der Waals surface area contributed by atoms with Gasteiger partial charge in [0.2, 0.25) is 0 Å². The van der Waals surface area contributed by atoms with Crippen LogP contribution in [0, 0.1) is 6.92 Å². The van der Waals surface area contributed by atoms with Gasteiger partial charge in [-0.1, -0.05) is 45.4 Å². The van der Waals surface area contributed by atoms with Crippen molar-refractivity contribution in [3.63, 3.8) is 0 Å². The van der Waals surface area contributed by atoms with Crippen molar-refractivity contribution < 1.29 is 4.74 Å². The molecule has 1 aromatic carbocycles. The van der Waals surface area contributed by atoms with Crippen LogP contribution in [0.2, 0.25) is 0 Å². The smallest absolute Gasteiger partial charge is 0.119 e. The fourth-order valence-corrected chi connectivity index (χ4v) is 2.08. The van der Waals surface area contributed by atoms with E-state index in [1.165, 1.54) is 31.5 Å². The minimum atomic E-state index is 0.812. The third-order valence-electron chi connectivity index (χ3n) is 2.99. The maximum Gasteiger partial charge on any atom is 0.119 e. The Bertz CT molecular complexity index is 302. The Kier molecular flexibility index (Phi) is 12.3. The van der Waals surface area contributed by atoms with Crippen molar-refractivity contribution in [2.45, 2.75) is 53.9 Å². The Morgan fingerprint density at radius 3 is 1.95 bits per heavy atom. The number of hydrogen-bond acceptors (Lipinski definition) is 2. The van der Waals surface area contributed by atoms with Crippen LogP contribution in [0.5, 0.6) is 5.75 Å². The lowest BCUT2D eigenvalue weighted by molar-refractivity contribution is 0.234. The number of nitrogens with zero attached hydrogens (tertiary/aromatic N) is 1. The standard InChI is InChI=1S/C16H27NO.C2H6/c1-4-11-17(12-5-2)13-6-14-18-16-9-7-15(3)8-10-16;1-2/h7-10H,4-6,11-14H2,1-3H3;1-2H3.